The minimum Gasteiger partial charge on any atom is -0.392 e. The van der Waals surface area contributed by atoms with Gasteiger partial charge in [-0.25, -0.2) is 4.79 Å². The lowest BCUT2D eigenvalue weighted by atomic mass is 10.0. The van der Waals surface area contributed by atoms with Crippen LogP contribution >= 0.6 is 12.2 Å². The molecular weight excluding hydrogens is 262 g/mol. The molecule has 3 amide bonds. The van der Waals surface area contributed by atoms with Crippen molar-refractivity contribution in [2.45, 2.75) is 19.4 Å². The molecule has 0 bridgehead atoms. The summed E-state index contributed by atoms with van der Waals surface area (Å²) in [6, 6.07) is 6.50. The fourth-order valence-electron chi connectivity index (χ4n) is 2.00. The topological polar surface area (TPSA) is 75.4 Å². The lowest BCUT2D eigenvalue weighted by Crippen LogP contribution is -2.37. The van der Waals surface area contributed by atoms with Crippen LogP contribution in [0.2, 0.25) is 0 Å². The molecule has 1 fully saturated rings. The minimum atomic E-state index is -0.646. The molecule has 1 aliphatic rings. The van der Waals surface area contributed by atoms with Gasteiger partial charge in [-0.05, 0) is 17.5 Å². The van der Waals surface area contributed by atoms with Gasteiger partial charge in [0.2, 0.25) is 0 Å². The van der Waals surface area contributed by atoms with Crippen LogP contribution in [0.25, 0.3) is 0 Å². The number of rotatable bonds is 4. The number of nitrogens with two attached hydrogens (primary N) is 1. The summed E-state index contributed by atoms with van der Waals surface area (Å²) in [5.41, 5.74) is 7.32. The van der Waals surface area contributed by atoms with Crippen molar-refractivity contribution < 1.29 is 9.59 Å². The molecule has 1 saturated heterocycles. The number of hydrogen-bond acceptors (Lipinski definition) is 3. The second kappa shape index (κ2) is 5.36. The predicted molar refractivity (Wildman–Crippen MR) is 75.6 cm³/mol. The summed E-state index contributed by atoms with van der Waals surface area (Å²) in [5.74, 6) is -0.318. The molecule has 0 radical (unpaired) electrons. The molecule has 0 aromatic heterocycles. The molecule has 1 atom stereocenters. The van der Waals surface area contributed by atoms with Crippen LogP contribution in [0.5, 0.6) is 0 Å². The van der Waals surface area contributed by atoms with Gasteiger partial charge < -0.3 is 11.1 Å². The number of thiocarbonyl (C=S) groups is 1. The van der Waals surface area contributed by atoms with E-state index in [1.54, 1.807) is 0 Å². The number of carbonyl (C=O) groups excluding carboxylic acids is 2. The molecule has 19 heavy (non-hydrogen) atoms. The Kier molecular flexibility index (Phi) is 3.80. The minimum absolute atomic E-state index is 0.0243. The largest absolute Gasteiger partial charge is 0.392 e. The van der Waals surface area contributed by atoms with Gasteiger partial charge in [-0.1, -0.05) is 43.4 Å². The Morgan fingerprint density at radius 1 is 1.37 bits per heavy atom. The number of benzene rings is 1. The highest BCUT2D eigenvalue weighted by molar-refractivity contribution is 7.80. The van der Waals surface area contributed by atoms with Gasteiger partial charge in [-0.3, -0.25) is 9.69 Å². The fraction of sp³-hybridized carbons (Fsp3) is 0.308. The molecule has 6 heteroatoms. The Labute approximate surface area is 116 Å². The van der Waals surface area contributed by atoms with E-state index in [0.717, 1.165) is 16.9 Å². The zero-order valence-corrected chi connectivity index (χ0v) is 11.4. The first-order valence-electron chi connectivity index (χ1n) is 6.02. The molecule has 1 unspecified atom stereocenters. The number of urea groups is 1. The second-order valence-corrected chi connectivity index (χ2v) is 4.89. The van der Waals surface area contributed by atoms with E-state index in [0.29, 0.717) is 0 Å². The monoisotopic (exact) mass is 277 g/mol. The molecule has 3 N–H and O–H groups in total. The van der Waals surface area contributed by atoms with E-state index >= 15 is 0 Å². The van der Waals surface area contributed by atoms with Crippen LogP contribution in [0.4, 0.5) is 4.79 Å². The average molecular weight is 277 g/mol. The van der Waals surface area contributed by atoms with Crippen LogP contribution in [0, 0.1) is 0 Å². The molecule has 1 aromatic carbocycles. The molecule has 1 aromatic rings. The number of nitrogens with one attached hydrogen (secondary N) is 1. The van der Waals surface area contributed by atoms with Crippen LogP contribution in [0.3, 0.4) is 0 Å². The van der Waals surface area contributed by atoms with Crippen molar-refractivity contribution in [3.05, 3.63) is 35.4 Å². The zero-order chi connectivity index (χ0) is 14.0. The van der Waals surface area contributed by atoms with Gasteiger partial charge >= 0.3 is 6.03 Å². The fourth-order valence-corrected chi connectivity index (χ4v) is 2.13. The molecule has 0 saturated carbocycles. The maximum absolute atomic E-state index is 12.1. The molecule has 2 rings (SSSR count). The van der Waals surface area contributed by atoms with Crippen molar-refractivity contribution >= 4 is 29.1 Å². The predicted octanol–water partition coefficient (Wildman–Crippen LogP) is 1.13. The smallest absolute Gasteiger partial charge is 0.325 e. The first kappa shape index (κ1) is 13.5. The maximum Gasteiger partial charge on any atom is 0.325 e. The number of nitrogens with zero attached hydrogens (tertiary/aromatic N) is 1. The van der Waals surface area contributed by atoms with Gasteiger partial charge in [0.25, 0.3) is 5.91 Å². The Bertz CT molecular complexity index is 527. The molecular formula is C13H15N3O2S. The van der Waals surface area contributed by atoms with Gasteiger partial charge in [0.1, 0.15) is 6.04 Å². The van der Waals surface area contributed by atoms with E-state index in [9.17, 15) is 9.59 Å². The molecule has 5 nitrogen and oxygen atoms in total. The summed E-state index contributed by atoms with van der Waals surface area (Å²) < 4.78 is 0. The number of aryl methyl sites for hydroxylation is 1. The summed E-state index contributed by atoms with van der Waals surface area (Å²) in [6.45, 7) is 2.03. The van der Waals surface area contributed by atoms with Crippen LogP contribution < -0.4 is 11.1 Å². The van der Waals surface area contributed by atoms with Gasteiger partial charge in [0.05, 0.1) is 11.5 Å². The Morgan fingerprint density at radius 2 is 2.00 bits per heavy atom. The summed E-state index contributed by atoms with van der Waals surface area (Å²) in [6.07, 6.45) is 0.929. The highest BCUT2D eigenvalue weighted by Crippen LogP contribution is 2.22. The van der Waals surface area contributed by atoms with Crippen molar-refractivity contribution in [3.8, 4) is 0 Å². The summed E-state index contributed by atoms with van der Waals surface area (Å²) in [4.78, 5) is 25.0. The lowest BCUT2D eigenvalue weighted by molar-refractivity contribution is -0.127. The normalized spacial score (nSPS) is 18.6. The van der Waals surface area contributed by atoms with Crippen molar-refractivity contribution in [3.63, 3.8) is 0 Å². The molecule has 100 valence electrons. The summed E-state index contributed by atoms with van der Waals surface area (Å²) in [7, 11) is 0. The van der Waals surface area contributed by atoms with Gasteiger partial charge in [-0.15, -0.1) is 0 Å². The van der Waals surface area contributed by atoms with Gasteiger partial charge in [0, 0.05) is 0 Å². The lowest BCUT2D eigenvalue weighted by Gasteiger charge is -2.12. The van der Waals surface area contributed by atoms with E-state index in [2.05, 4.69) is 12.2 Å². The standard InChI is InChI=1S/C13H15N3O2S/c1-2-8-3-5-9(6-4-8)11-12(17)16(7-10(14)19)13(18)15-11/h3-6,11H,2,7H2,1H3,(H2,14,19)(H,15,18). The average Bonchev–Trinajstić information content (AvgIpc) is 2.66. The second-order valence-electron chi connectivity index (χ2n) is 4.37. The third-order valence-electron chi connectivity index (χ3n) is 3.06. The van der Waals surface area contributed by atoms with Crippen molar-refractivity contribution in [1.82, 2.24) is 10.2 Å². The van der Waals surface area contributed by atoms with E-state index < -0.39 is 12.1 Å². The summed E-state index contributed by atoms with van der Waals surface area (Å²) >= 11 is 4.73. The Morgan fingerprint density at radius 3 is 2.53 bits per heavy atom. The third kappa shape index (κ3) is 2.73. The Balaban J connectivity index is 2.19. The van der Waals surface area contributed by atoms with Crippen LogP contribution in [-0.2, 0) is 11.2 Å². The maximum atomic E-state index is 12.1. The third-order valence-corrected chi connectivity index (χ3v) is 3.19. The SMILES string of the molecule is CCc1ccc(C2NC(=O)N(CC(N)=S)C2=O)cc1. The van der Waals surface area contributed by atoms with Crippen LogP contribution in [0.15, 0.2) is 24.3 Å². The number of imide groups is 1. The summed E-state index contributed by atoms with van der Waals surface area (Å²) in [5, 5.41) is 2.64. The first-order chi connectivity index (χ1) is 9.02. The van der Waals surface area contributed by atoms with Gasteiger partial charge in [0.15, 0.2) is 0 Å². The van der Waals surface area contributed by atoms with Crippen molar-refractivity contribution in [2.75, 3.05) is 6.54 Å². The van der Waals surface area contributed by atoms with Crippen LogP contribution in [-0.4, -0.2) is 28.4 Å². The van der Waals surface area contributed by atoms with E-state index in [4.69, 9.17) is 18.0 Å². The highest BCUT2D eigenvalue weighted by atomic mass is 32.1. The van der Waals surface area contributed by atoms with Crippen LogP contribution in [0.1, 0.15) is 24.1 Å². The Hall–Kier alpha value is -1.95. The first-order valence-corrected chi connectivity index (χ1v) is 6.42. The van der Waals surface area contributed by atoms with E-state index in [1.165, 1.54) is 5.56 Å². The quantitative estimate of drug-likeness (QED) is 0.639. The molecule has 1 aliphatic heterocycles. The van der Waals surface area contributed by atoms with Crippen molar-refractivity contribution in [1.29, 1.82) is 0 Å². The number of carbonyl (C=O) groups is 2. The number of amides is 3. The molecule has 0 spiro atoms. The van der Waals surface area contributed by atoms with Gasteiger partial charge in [-0.2, -0.15) is 0 Å². The molecule has 1 heterocycles. The van der Waals surface area contributed by atoms with E-state index in [-0.39, 0.29) is 17.4 Å². The molecule has 0 aliphatic carbocycles. The highest BCUT2D eigenvalue weighted by Gasteiger charge is 2.38. The number of hydrogen-bond donors (Lipinski definition) is 2. The van der Waals surface area contributed by atoms with E-state index in [1.807, 2.05) is 24.3 Å². The zero-order valence-electron chi connectivity index (χ0n) is 10.6. The van der Waals surface area contributed by atoms with Crippen molar-refractivity contribution in [2.24, 2.45) is 5.73 Å².